The highest BCUT2D eigenvalue weighted by Crippen LogP contribution is 2.24. The number of nitrogens with one attached hydrogen (secondary N) is 1. The molecule has 2 saturated heterocycles. The first-order valence-electron chi connectivity index (χ1n) is 9.79. The summed E-state index contributed by atoms with van der Waals surface area (Å²) in [5.41, 5.74) is 1.07. The highest BCUT2D eigenvalue weighted by atomic mass is 16.1. The zero-order chi connectivity index (χ0) is 17.6. The van der Waals surface area contributed by atoms with Gasteiger partial charge in [0.1, 0.15) is 0 Å². The van der Waals surface area contributed by atoms with Gasteiger partial charge in [0.15, 0.2) is 0 Å². The van der Waals surface area contributed by atoms with Crippen LogP contribution in [0.15, 0.2) is 12.4 Å². The van der Waals surface area contributed by atoms with Crippen molar-refractivity contribution in [3.8, 4) is 0 Å². The van der Waals surface area contributed by atoms with Crippen LogP contribution in [0.4, 0.5) is 11.6 Å². The molecule has 2 aliphatic heterocycles. The van der Waals surface area contributed by atoms with Gasteiger partial charge < -0.3 is 15.1 Å². The third kappa shape index (κ3) is 4.61. The van der Waals surface area contributed by atoms with Gasteiger partial charge in [-0.25, -0.2) is 9.97 Å². The Morgan fingerprint density at radius 1 is 1.12 bits per heavy atom. The van der Waals surface area contributed by atoms with Gasteiger partial charge in [-0.3, -0.25) is 4.79 Å². The summed E-state index contributed by atoms with van der Waals surface area (Å²) in [5, 5.41) is 3.11. The summed E-state index contributed by atoms with van der Waals surface area (Å²) >= 11 is 0. The maximum absolute atomic E-state index is 12.3. The van der Waals surface area contributed by atoms with Crippen molar-refractivity contribution >= 4 is 17.5 Å². The van der Waals surface area contributed by atoms with E-state index in [0.29, 0.717) is 0 Å². The molecular weight excluding hydrogens is 314 g/mol. The number of carbonyl (C=O) groups is 1. The molecule has 6 nitrogen and oxygen atoms in total. The fourth-order valence-electron chi connectivity index (χ4n) is 3.60. The number of aromatic nitrogens is 2. The zero-order valence-corrected chi connectivity index (χ0v) is 15.6. The number of rotatable bonds is 5. The van der Waals surface area contributed by atoms with Gasteiger partial charge in [0.05, 0.1) is 18.1 Å². The molecule has 0 bridgehead atoms. The number of hydrogen-bond acceptors (Lipinski definition) is 5. The number of carbonyl (C=O) groups excluding carboxylic acids is 1. The fraction of sp³-hybridized carbons (Fsp3) is 0.737. The number of piperidine rings is 2. The van der Waals surface area contributed by atoms with E-state index in [1.165, 1.54) is 19.3 Å². The minimum absolute atomic E-state index is 0.138. The maximum atomic E-state index is 12.3. The second-order valence-electron chi connectivity index (χ2n) is 7.37. The molecule has 1 aromatic rings. The van der Waals surface area contributed by atoms with Crippen LogP contribution in [-0.2, 0) is 4.79 Å². The van der Waals surface area contributed by atoms with E-state index in [-0.39, 0.29) is 17.9 Å². The van der Waals surface area contributed by atoms with Crippen molar-refractivity contribution in [3.63, 3.8) is 0 Å². The van der Waals surface area contributed by atoms with Crippen molar-refractivity contribution in [1.29, 1.82) is 0 Å². The first-order valence-corrected chi connectivity index (χ1v) is 9.79. The Morgan fingerprint density at radius 3 is 2.36 bits per heavy atom. The molecule has 0 aromatic carbocycles. The van der Waals surface area contributed by atoms with Crippen LogP contribution in [0.25, 0.3) is 0 Å². The van der Waals surface area contributed by atoms with Crippen LogP contribution in [0.1, 0.15) is 52.4 Å². The lowest BCUT2D eigenvalue weighted by Crippen LogP contribution is -2.43. The highest BCUT2D eigenvalue weighted by Gasteiger charge is 2.26. The molecule has 1 atom stereocenters. The maximum Gasteiger partial charge on any atom is 0.225 e. The van der Waals surface area contributed by atoms with Crippen LogP contribution >= 0.6 is 0 Å². The SMILES string of the molecule is CCC(C)NC(=O)C1CCN(c2cnc(N3CCCCC3)nc2)CC1. The highest BCUT2D eigenvalue weighted by molar-refractivity contribution is 5.79. The van der Waals surface area contributed by atoms with Crippen LogP contribution < -0.4 is 15.1 Å². The Labute approximate surface area is 151 Å². The smallest absolute Gasteiger partial charge is 0.225 e. The zero-order valence-electron chi connectivity index (χ0n) is 15.6. The van der Waals surface area contributed by atoms with Crippen LogP contribution in [0.5, 0.6) is 0 Å². The number of anilines is 2. The largest absolute Gasteiger partial charge is 0.369 e. The van der Waals surface area contributed by atoms with Gasteiger partial charge in [-0.1, -0.05) is 6.92 Å². The molecule has 1 amide bonds. The molecular formula is C19H31N5O. The average molecular weight is 345 g/mol. The summed E-state index contributed by atoms with van der Waals surface area (Å²) in [6.45, 7) is 8.08. The topological polar surface area (TPSA) is 61.4 Å². The van der Waals surface area contributed by atoms with Gasteiger partial charge in [-0.15, -0.1) is 0 Å². The van der Waals surface area contributed by atoms with E-state index in [0.717, 1.165) is 57.1 Å². The Bertz CT molecular complexity index is 547. The van der Waals surface area contributed by atoms with Crippen molar-refractivity contribution < 1.29 is 4.79 Å². The Balaban J connectivity index is 1.51. The fourth-order valence-corrected chi connectivity index (χ4v) is 3.60. The summed E-state index contributed by atoms with van der Waals surface area (Å²) in [6, 6.07) is 0.265. The van der Waals surface area contributed by atoms with E-state index >= 15 is 0 Å². The van der Waals surface area contributed by atoms with Gasteiger partial charge in [-0.05, 0) is 45.4 Å². The summed E-state index contributed by atoms with van der Waals surface area (Å²) < 4.78 is 0. The lowest BCUT2D eigenvalue weighted by atomic mass is 9.95. The number of nitrogens with zero attached hydrogens (tertiary/aromatic N) is 4. The molecule has 1 aromatic heterocycles. The molecule has 1 N–H and O–H groups in total. The van der Waals surface area contributed by atoms with Crippen molar-refractivity contribution in [3.05, 3.63) is 12.4 Å². The van der Waals surface area contributed by atoms with Gasteiger partial charge in [0, 0.05) is 38.1 Å². The van der Waals surface area contributed by atoms with Crippen molar-refractivity contribution in [2.75, 3.05) is 36.0 Å². The second-order valence-corrected chi connectivity index (χ2v) is 7.37. The summed E-state index contributed by atoms with van der Waals surface area (Å²) in [6.07, 6.45) is 10.4. The van der Waals surface area contributed by atoms with Crippen LogP contribution in [0, 0.1) is 5.92 Å². The van der Waals surface area contributed by atoms with Crippen LogP contribution in [0.2, 0.25) is 0 Å². The third-order valence-corrected chi connectivity index (χ3v) is 5.50. The molecule has 0 aliphatic carbocycles. The standard InChI is InChI=1S/C19H31N5O/c1-3-15(2)22-18(25)16-7-11-23(12-8-16)17-13-20-19(21-14-17)24-9-5-4-6-10-24/h13-16H,3-12H2,1-2H3,(H,22,25). The average Bonchev–Trinajstić information content (AvgIpc) is 2.69. The molecule has 3 rings (SSSR count). The number of amides is 1. The van der Waals surface area contributed by atoms with Gasteiger partial charge >= 0.3 is 0 Å². The van der Waals surface area contributed by atoms with E-state index in [4.69, 9.17) is 0 Å². The lowest BCUT2D eigenvalue weighted by molar-refractivity contribution is -0.126. The Morgan fingerprint density at radius 2 is 1.76 bits per heavy atom. The van der Waals surface area contributed by atoms with Crippen molar-refractivity contribution in [2.24, 2.45) is 5.92 Å². The van der Waals surface area contributed by atoms with Gasteiger partial charge in [-0.2, -0.15) is 0 Å². The molecule has 1 unspecified atom stereocenters. The molecule has 0 radical (unpaired) electrons. The van der Waals surface area contributed by atoms with E-state index in [9.17, 15) is 4.79 Å². The molecule has 0 spiro atoms. The molecule has 6 heteroatoms. The Kier molecular flexibility index (Phi) is 6.10. The third-order valence-electron chi connectivity index (χ3n) is 5.50. The van der Waals surface area contributed by atoms with E-state index in [2.05, 4.69) is 38.9 Å². The predicted molar refractivity (Wildman–Crippen MR) is 101 cm³/mol. The van der Waals surface area contributed by atoms with Crippen molar-refractivity contribution in [1.82, 2.24) is 15.3 Å². The summed E-state index contributed by atoms with van der Waals surface area (Å²) in [4.78, 5) is 26.0. The molecule has 2 fully saturated rings. The second kappa shape index (κ2) is 8.50. The number of hydrogen-bond donors (Lipinski definition) is 1. The van der Waals surface area contributed by atoms with Crippen LogP contribution in [0.3, 0.4) is 0 Å². The van der Waals surface area contributed by atoms with E-state index in [1.807, 2.05) is 12.4 Å². The summed E-state index contributed by atoms with van der Waals surface area (Å²) in [7, 11) is 0. The van der Waals surface area contributed by atoms with E-state index in [1.54, 1.807) is 0 Å². The lowest BCUT2D eigenvalue weighted by Gasteiger charge is -2.33. The van der Waals surface area contributed by atoms with Crippen molar-refractivity contribution in [2.45, 2.75) is 58.4 Å². The molecule has 3 heterocycles. The quantitative estimate of drug-likeness (QED) is 0.889. The van der Waals surface area contributed by atoms with Gasteiger partial charge in [0.2, 0.25) is 11.9 Å². The minimum Gasteiger partial charge on any atom is -0.369 e. The van der Waals surface area contributed by atoms with E-state index < -0.39 is 0 Å². The van der Waals surface area contributed by atoms with Gasteiger partial charge in [0.25, 0.3) is 0 Å². The first-order chi connectivity index (χ1) is 12.2. The molecule has 138 valence electrons. The predicted octanol–water partition coefficient (Wildman–Crippen LogP) is 2.60. The normalized spacial score (nSPS) is 20.4. The Hall–Kier alpha value is -1.85. The minimum atomic E-state index is 0.138. The monoisotopic (exact) mass is 345 g/mol. The molecule has 0 saturated carbocycles. The first kappa shape index (κ1) is 18.0. The van der Waals surface area contributed by atoms with Crippen LogP contribution in [-0.4, -0.2) is 48.1 Å². The molecule has 25 heavy (non-hydrogen) atoms. The summed E-state index contributed by atoms with van der Waals surface area (Å²) in [5.74, 6) is 1.20. The molecule has 2 aliphatic rings.